The minimum atomic E-state index is -0.490. The highest BCUT2D eigenvalue weighted by molar-refractivity contribution is 5.31. The molecule has 0 radical (unpaired) electrons. The largest absolute Gasteiger partial charge is 0.494 e. The highest BCUT2D eigenvalue weighted by atomic mass is 16.5. The first kappa shape index (κ1) is 18.0. The predicted octanol–water partition coefficient (Wildman–Crippen LogP) is 2.97. The van der Waals surface area contributed by atoms with Crippen molar-refractivity contribution in [2.24, 2.45) is 0 Å². The molecule has 0 aliphatic carbocycles. The second-order valence-electron chi connectivity index (χ2n) is 7.04. The molecular weight excluding hydrogens is 310 g/mol. The number of aliphatic hydroxyl groups is 1. The standard InChI is InChI=1S/C22H29NO2/c1-2-16-25-20-12-10-19(11-13-20)22(24)21(17-23-14-6-7-15-23)18-8-4-3-5-9-18/h3-5,8-13,21-22,24H,2,6-7,14-17H2,1H3/p+1/t21-,22+/m1/s1. The first-order chi connectivity index (χ1) is 12.3. The molecule has 3 heteroatoms. The monoisotopic (exact) mass is 340 g/mol. The van der Waals surface area contributed by atoms with E-state index in [9.17, 15) is 5.11 Å². The summed E-state index contributed by atoms with van der Waals surface area (Å²) in [4.78, 5) is 1.61. The van der Waals surface area contributed by atoms with E-state index < -0.39 is 6.10 Å². The number of nitrogens with one attached hydrogen (secondary N) is 1. The molecule has 2 atom stereocenters. The minimum absolute atomic E-state index is 0.122. The molecule has 1 fully saturated rings. The number of likely N-dealkylation sites (tertiary alicyclic amines) is 1. The third-order valence-corrected chi connectivity index (χ3v) is 5.12. The third-order valence-electron chi connectivity index (χ3n) is 5.12. The van der Waals surface area contributed by atoms with Crippen molar-refractivity contribution in [3.8, 4) is 5.75 Å². The van der Waals surface area contributed by atoms with Crippen molar-refractivity contribution in [1.82, 2.24) is 0 Å². The van der Waals surface area contributed by atoms with Crippen LogP contribution in [-0.2, 0) is 0 Å². The summed E-state index contributed by atoms with van der Waals surface area (Å²) in [7, 11) is 0. The summed E-state index contributed by atoms with van der Waals surface area (Å²) in [6, 6.07) is 18.4. The normalized spacial score (nSPS) is 17.4. The van der Waals surface area contributed by atoms with E-state index in [1.807, 2.05) is 30.3 Å². The van der Waals surface area contributed by atoms with Gasteiger partial charge in [-0.05, 0) is 29.7 Å². The van der Waals surface area contributed by atoms with Crippen LogP contribution in [0.2, 0.25) is 0 Å². The van der Waals surface area contributed by atoms with Crippen LogP contribution in [-0.4, -0.2) is 31.3 Å². The molecule has 2 N–H and O–H groups in total. The highest BCUT2D eigenvalue weighted by Crippen LogP contribution is 2.31. The summed E-state index contributed by atoms with van der Waals surface area (Å²) in [6.45, 7) is 6.26. The summed E-state index contributed by atoms with van der Waals surface area (Å²) in [6.07, 6.45) is 3.11. The quantitative estimate of drug-likeness (QED) is 0.775. The second kappa shape index (κ2) is 9.02. The molecule has 1 aliphatic rings. The molecule has 1 saturated heterocycles. The fourth-order valence-corrected chi connectivity index (χ4v) is 3.72. The van der Waals surface area contributed by atoms with Crippen molar-refractivity contribution in [3.05, 3.63) is 65.7 Å². The first-order valence-corrected chi connectivity index (χ1v) is 9.57. The molecule has 2 aromatic carbocycles. The number of hydrogen-bond acceptors (Lipinski definition) is 2. The van der Waals surface area contributed by atoms with Crippen LogP contribution < -0.4 is 9.64 Å². The van der Waals surface area contributed by atoms with Gasteiger partial charge >= 0.3 is 0 Å². The summed E-state index contributed by atoms with van der Waals surface area (Å²) in [5.41, 5.74) is 2.19. The van der Waals surface area contributed by atoms with Crippen LogP contribution in [0.3, 0.4) is 0 Å². The molecular formula is C22H30NO2+. The lowest BCUT2D eigenvalue weighted by atomic mass is 9.88. The Kier molecular flexibility index (Phi) is 6.48. The van der Waals surface area contributed by atoms with Gasteiger partial charge in [-0.1, -0.05) is 49.4 Å². The lowest BCUT2D eigenvalue weighted by Gasteiger charge is -2.26. The third kappa shape index (κ3) is 4.83. The van der Waals surface area contributed by atoms with E-state index >= 15 is 0 Å². The molecule has 25 heavy (non-hydrogen) atoms. The fourth-order valence-electron chi connectivity index (χ4n) is 3.72. The Morgan fingerprint density at radius 3 is 2.28 bits per heavy atom. The van der Waals surface area contributed by atoms with Gasteiger partial charge in [0.25, 0.3) is 0 Å². The Hall–Kier alpha value is -1.84. The molecule has 0 aromatic heterocycles. The number of rotatable bonds is 8. The molecule has 134 valence electrons. The van der Waals surface area contributed by atoms with Gasteiger partial charge in [-0.3, -0.25) is 0 Å². The van der Waals surface area contributed by atoms with Crippen LogP contribution >= 0.6 is 0 Å². The molecule has 0 bridgehead atoms. The van der Waals surface area contributed by atoms with Crippen LogP contribution in [0.1, 0.15) is 49.3 Å². The number of aliphatic hydroxyl groups excluding tert-OH is 1. The summed E-state index contributed by atoms with van der Waals surface area (Å²) >= 11 is 0. The molecule has 0 spiro atoms. The average Bonchev–Trinajstić information content (AvgIpc) is 3.18. The van der Waals surface area contributed by atoms with E-state index in [1.165, 1.54) is 31.5 Å². The maximum Gasteiger partial charge on any atom is 0.119 e. The molecule has 0 unspecified atom stereocenters. The van der Waals surface area contributed by atoms with Crippen molar-refractivity contribution in [2.75, 3.05) is 26.2 Å². The van der Waals surface area contributed by atoms with Crippen molar-refractivity contribution in [3.63, 3.8) is 0 Å². The smallest absolute Gasteiger partial charge is 0.119 e. The van der Waals surface area contributed by atoms with Crippen LogP contribution in [0.15, 0.2) is 54.6 Å². The van der Waals surface area contributed by atoms with Crippen LogP contribution in [0.25, 0.3) is 0 Å². The van der Waals surface area contributed by atoms with E-state index in [4.69, 9.17) is 4.74 Å². The molecule has 0 amide bonds. The van der Waals surface area contributed by atoms with Gasteiger partial charge in [0, 0.05) is 12.8 Å². The second-order valence-corrected chi connectivity index (χ2v) is 7.04. The Morgan fingerprint density at radius 2 is 1.64 bits per heavy atom. The zero-order valence-electron chi connectivity index (χ0n) is 15.2. The topological polar surface area (TPSA) is 33.9 Å². The van der Waals surface area contributed by atoms with Crippen molar-refractivity contribution >= 4 is 0 Å². The molecule has 2 aromatic rings. The van der Waals surface area contributed by atoms with Crippen LogP contribution in [0.5, 0.6) is 5.75 Å². The number of quaternary nitrogens is 1. The average molecular weight is 340 g/mol. The predicted molar refractivity (Wildman–Crippen MR) is 101 cm³/mol. The first-order valence-electron chi connectivity index (χ1n) is 9.57. The minimum Gasteiger partial charge on any atom is -0.494 e. The maximum atomic E-state index is 11.1. The lowest BCUT2D eigenvalue weighted by Crippen LogP contribution is -3.10. The molecule has 1 heterocycles. The highest BCUT2D eigenvalue weighted by Gasteiger charge is 2.28. The Labute approximate surface area is 151 Å². The van der Waals surface area contributed by atoms with Gasteiger partial charge in [0.15, 0.2) is 0 Å². The van der Waals surface area contributed by atoms with E-state index in [1.54, 1.807) is 4.90 Å². The SMILES string of the molecule is CCCOc1ccc([C@H](O)[C@H](C[NH+]2CCCC2)c2ccccc2)cc1. The zero-order chi connectivity index (χ0) is 17.5. The molecule has 0 saturated carbocycles. The zero-order valence-corrected chi connectivity index (χ0v) is 15.2. The number of benzene rings is 2. The fraction of sp³-hybridized carbons (Fsp3) is 0.455. The van der Waals surface area contributed by atoms with Gasteiger partial charge in [0.05, 0.1) is 38.3 Å². The lowest BCUT2D eigenvalue weighted by molar-refractivity contribution is -0.889. The van der Waals surface area contributed by atoms with Crippen LogP contribution in [0.4, 0.5) is 0 Å². The van der Waals surface area contributed by atoms with Gasteiger partial charge in [-0.2, -0.15) is 0 Å². The van der Waals surface area contributed by atoms with Gasteiger partial charge in [0.1, 0.15) is 5.75 Å². The molecule has 3 rings (SSSR count). The summed E-state index contributed by atoms with van der Waals surface area (Å²) in [5, 5.41) is 11.1. The van der Waals surface area contributed by atoms with E-state index in [0.29, 0.717) is 0 Å². The Morgan fingerprint density at radius 1 is 0.960 bits per heavy atom. The van der Waals surface area contributed by atoms with Crippen molar-refractivity contribution in [2.45, 2.75) is 38.2 Å². The van der Waals surface area contributed by atoms with Crippen LogP contribution in [0, 0.1) is 0 Å². The van der Waals surface area contributed by atoms with Gasteiger partial charge < -0.3 is 14.7 Å². The summed E-state index contributed by atoms with van der Waals surface area (Å²) < 4.78 is 5.66. The molecule has 3 nitrogen and oxygen atoms in total. The van der Waals surface area contributed by atoms with Gasteiger partial charge in [-0.25, -0.2) is 0 Å². The Balaban J connectivity index is 1.76. The Bertz CT molecular complexity index is 620. The van der Waals surface area contributed by atoms with Gasteiger partial charge in [0.2, 0.25) is 0 Å². The van der Waals surface area contributed by atoms with E-state index in [0.717, 1.165) is 30.9 Å². The van der Waals surface area contributed by atoms with E-state index in [-0.39, 0.29) is 5.92 Å². The number of ether oxygens (including phenoxy) is 1. The molecule has 1 aliphatic heterocycles. The van der Waals surface area contributed by atoms with E-state index in [2.05, 4.69) is 31.2 Å². The maximum absolute atomic E-state index is 11.1. The number of hydrogen-bond donors (Lipinski definition) is 2. The van der Waals surface area contributed by atoms with Crippen molar-refractivity contribution in [1.29, 1.82) is 0 Å². The summed E-state index contributed by atoms with van der Waals surface area (Å²) in [5.74, 6) is 0.996. The van der Waals surface area contributed by atoms with Crippen molar-refractivity contribution < 1.29 is 14.7 Å². The van der Waals surface area contributed by atoms with Gasteiger partial charge in [-0.15, -0.1) is 0 Å².